The van der Waals surface area contributed by atoms with Gasteiger partial charge >= 0.3 is 5.97 Å². The van der Waals surface area contributed by atoms with Gasteiger partial charge in [-0.3, -0.25) is 19.7 Å². The van der Waals surface area contributed by atoms with Crippen LogP contribution in [0.5, 0.6) is 0 Å². The van der Waals surface area contributed by atoms with Crippen molar-refractivity contribution in [1.29, 1.82) is 0 Å². The molecule has 0 radical (unpaired) electrons. The number of nitrogens with zero attached hydrogens (tertiary/aromatic N) is 4. The minimum absolute atomic E-state index is 0.0580. The Labute approximate surface area is 199 Å². The van der Waals surface area contributed by atoms with Gasteiger partial charge in [0, 0.05) is 30.8 Å². The molecule has 0 fully saturated rings. The van der Waals surface area contributed by atoms with Crippen molar-refractivity contribution in [3.63, 3.8) is 0 Å². The molecule has 0 saturated heterocycles. The highest BCUT2D eigenvalue weighted by Crippen LogP contribution is 2.23. The number of fused-ring (bicyclic) bond motifs is 1. The Morgan fingerprint density at radius 2 is 1.79 bits per heavy atom. The first-order chi connectivity index (χ1) is 16.1. The van der Waals surface area contributed by atoms with Crippen LogP contribution in [-0.2, 0) is 26.1 Å². The van der Waals surface area contributed by atoms with Gasteiger partial charge in [-0.05, 0) is 30.3 Å². The van der Waals surface area contributed by atoms with Crippen molar-refractivity contribution < 1.29 is 27.7 Å². The number of ether oxygens (including phenoxy) is 1. The third-order valence-electron chi connectivity index (χ3n) is 5.03. The fraction of sp³-hybridized carbons (Fsp3) is 0.286. The Hall–Kier alpha value is -3.42. The topological polar surface area (TPSA) is 141 Å². The average Bonchev–Trinajstić information content (AvgIpc) is 3.15. The Kier molecular flexibility index (Phi) is 7.59. The number of nitro groups is 1. The van der Waals surface area contributed by atoms with Crippen molar-refractivity contribution in [2.45, 2.75) is 25.3 Å². The lowest BCUT2D eigenvalue weighted by atomic mass is 10.2. The second-order valence-electron chi connectivity index (χ2n) is 6.99. The molecule has 1 aromatic heterocycles. The largest absolute Gasteiger partial charge is 0.468 e. The number of carbonyl (C=O) groups excluding carboxylic acids is 2. The van der Waals surface area contributed by atoms with Crippen molar-refractivity contribution in [1.82, 2.24) is 8.87 Å². The van der Waals surface area contributed by atoms with Gasteiger partial charge in [0.25, 0.3) is 11.6 Å². The molecule has 11 nitrogen and oxygen atoms in total. The maximum atomic E-state index is 12.8. The van der Waals surface area contributed by atoms with Gasteiger partial charge in [0.2, 0.25) is 10.0 Å². The third kappa shape index (κ3) is 5.05. The van der Waals surface area contributed by atoms with E-state index in [4.69, 9.17) is 4.74 Å². The second kappa shape index (κ2) is 10.2. The number of esters is 1. The highest BCUT2D eigenvalue weighted by atomic mass is 32.2. The quantitative estimate of drug-likeness (QED) is 0.260. The van der Waals surface area contributed by atoms with Crippen LogP contribution in [0.4, 0.5) is 5.69 Å². The summed E-state index contributed by atoms with van der Waals surface area (Å²) in [5.41, 5.74) is 0.329. The molecule has 2 aromatic carbocycles. The van der Waals surface area contributed by atoms with Crippen LogP contribution < -0.4 is 4.80 Å². The van der Waals surface area contributed by atoms with Crippen LogP contribution in [0, 0.1) is 10.1 Å². The molecule has 1 heterocycles. The van der Waals surface area contributed by atoms with E-state index in [0.717, 1.165) is 11.3 Å². The molecular formula is C21H22N4O7S2. The molecule has 180 valence electrons. The summed E-state index contributed by atoms with van der Waals surface area (Å²) >= 11 is 1.08. The number of rotatable bonds is 8. The van der Waals surface area contributed by atoms with Crippen LogP contribution in [-0.4, -0.2) is 54.3 Å². The normalized spacial score (nSPS) is 12.3. The molecule has 0 aliphatic rings. The highest BCUT2D eigenvalue weighted by molar-refractivity contribution is 7.89. The molecule has 34 heavy (non-hydrogen) atoms. The highest BCUT2D eigenvalue weighted by Gasteiger charge is 2.22. The summed E-state index contributed by atoms with van der Waals surface area (Å²) in [6, 6.07) is 9.55. The fourth-order valence-corrected chi connectivity index (χ4v) is 5.70. The molecule has 0 aliphatic heterocycles. The van der Waals surface area contributed by atoms with Crippen LogP contribution in [0.15, 0.2) is 52.4 Å². The first kappa shape index (κ1) is 25.2. The number of carbonyl (C=O) groups is 2. The monoisotopic (exact) mass is 506 g/mol. The molecule has 0 saturated carbocycles. The van der Waals surface area contributed by atoms with Crippen molar-refractivity contribution in [3.05, 3.63) is 62.9 Å². The maximum absolute atomic E-state index is 12.8. The smallest absolute Gasteiger partial charge is 0.325 e. The predicted octanol–water partition coefficient (Wildman–Crippen LogP) is 2.56. The number of hydrogen-bond donors (Lipinski definition) is 0. The minimum atomic E-state index is -3.67. The molecule has 0 bridgehead atoms. The number of aromatic nitrogens is 1. The molecule has 0 N–H and O–H groups in total. The summed E-state index contributed by atoms with van der Waals surface area (Å²) in [4.78, 5) is 39.7. The van der Waals surface area contributed by atoms with Crippen molar-refractivity contribution in [2.24, 2.45) is 4.99 Å². The van der Waals surface area contributed by atoms with Gasteiger partial charge in [-0.15, -0.1) is 0 Å². The van der Waals surface area contributed by atoms with E-state index >= 15 is 0 Å². The molecule has 3 rings (SSSR count). The number of thiazole rings is 1. The van der Waals surface area contributed by atoms with Gasteiger partial charge in [0.1, 0.15) is 6.54 Å². The Morgan fingerprint density at radius 1 is 1.15 bits per heavy atom. The molecule has 0 atom stereocenters. The molecule has 0 unspecified atom stereocenters. The molecule has 1 amide bonds. The summed E-state index contributed by atoms with van der Waals surface area (Å²) in [5, 5.41) is 11.2. The first-order valence-corrected chi connectivity index (χ1v) is 12.4. The number of sulfonamides is 1. The Bertz CT molecular complexity index is 1420. The average molecular weight is 507 g/mol. The van der Waals surface area contributed by atoms with Crippen LogP contribution in [0.3, 0.4) is 0 Å². The second-order valence-corrected chi connectivity index (χ2v) is 9.93. The molecule has 13 heteroatoms. The van der Waals surface area contributed by atoms with E-state index in [1.165, 1.54) is 58.4 Å². The SMILES string of the molecule is CCN(CC)S(=O)(=O)c1ccc(C(=O)N=c2sc3ccc([N+](=O)[O-])cc3n2CC(=O)OC)cc1. The maximum Gasteiger partial charge on any atom is 0.325 e. The van der Waals surface area contributed by atoms with E-state index in [1.54, 1.807) is 13.8 Å². The number of benzene rings is 2. The standard InChI is InChI=1S/C21H22N4O7S2/c1-4-23(5-2)34(30,31)16-9-6-14(7-10-16)20(27)22-21-24(13-19(26)32-3)17-12-15(25(28)29)8-11-18(17)33-21/h6-12H,4-5,13H2,1-3H3. The molecule has 0 aliphatic carbocycles. The van der Waals surface area contributed by atoms with Crippen molar-refractivity contribution in [2.75, 3.05) is 20.2 Å². The lowest BCUT2D eigenvalue weighted by Crippen LogP contribution is -2.30. The van der Waals surface area contributed by atoms with Crippen molar-refractivity contribution in [3.8, 4) is 0 Å². The van der Waals surface area contributed by atoms with Gasteiger partial charge in [-0.25, -0.2) is 8.42 Å². The first-order valence-electron chi connectivity index (χ1n) is 10.2. The zero-order valence-corrected chi connectivity index (χ0v) is 20.3. The van der Waals surface area contributed by atoms with E-state index < -0.39 is 26.8 Å². The Morgan fingerprint density at radius 3 is 2.35 bits per heavy atom. The van der Waals surface area contributed by atoms with Gasteiger partial charge in [0.15, 0.2) is 4.80 Å². The fourth-order valence-electron chi connectivity index (χ4n) is 3.24. The number of hydrogen-bond acceptors (Lipinski definition) is 8. The van der Waals surface area contributed by atoms with Crippen LogP contribution in [0.1, 0.15) is 24.2 Å². The Balaban J connectivity index is 2.05. The predicted molar refractivity (Wildman–Crippen MR) is 125 cm³/mol. The summed E-state index contributed by atoms with van der Waals surface area (Å²) in [6.07, 6.45) is 0. The van der Waals surface area contributed by atoms with Gasteiger partial charge < -0.3 is 9.30 Å². The molecule has 3 aromatic rings. The van der Waals surface area contributed by atoms with Crippen LogP contribution in [0.2, 0.25) is 0 Å². The van der Waals surface area contributed by atoms with E-state index in [2.05, 4.69) is 4.99 Å². The summed E-state index contributed by atoms with van der Waals surface area (Å²) in [6.45, 7) is 3.81. The van der Waals surface area contributed by atoms with Gasteiger partial charge in [-0.1, -0.05) is 25.2 Å². The third-order valence-corrected chi connectivity index (χ3v) is 8.16. The lowest BCUT2D eigenvalue weighted by molar-refractivity contribution is -0.384. The zero-order valence-electron chi connectivity index (χ0n) is 18.6. The zero-order chi connectivity index (χ0) is 25.0. The summed E-state index contributed by atoms with van der Waals surface area (Å²) in [7, 11) is -2.47. The van der Waals surface area contributed by atoms with Gasteiger partial charge in [-0.2, -0.15) is 9.30 Å². The number of amides is 1. The number of methoxy groups -OCH3 is 1. The van der Waals surface area contributed by atoms with E-state index in [0.29, 0.717) is 23.3 Å². The number of non-ortho nitro benzene ring substituents is 1. The summed E-state index contributed by atoms with van der Waals surface area (Å²) in [5.74, 6) is -1.28. The minimum Gasteiger partial charge on any atom is -0.468 e. The van der Waals surface area contributed by atoms with Crippen LogP contribution in [0.25, 0.3) is 10.2 Å². The molecular weight excluding hydrogens is 484 g/mol. The van der Waals surface area contributed by atoms with E-state index in [1.807, 2.05) is 0 Å². The lowest BCUT2D eigenvalue weighted by Gasteiger charge is -2.18. The number of nitro benzene ring substituents is 1. The van der Waals surface area contributed by atoms with Crippen LogP contribution >= 0.6 is 11.3 Å². The summed E-state index contributed by atoms with van der Waals surface area (Å²) < 4.78 is 33.2. The van der Waals surface area contributed by atoms with Gasteiger partial charge in [0.05, 0.1) is 27.1 Å². The van der Waals surface area contributed by atoms with Crippen molar-refractivity contribution >= 4 is 49.1 Å². The van der Waals surface area contributed by atoms with E-state index in [9.17, 15) is 28.1 Å². The molecule has 0 spiro atoms. The van der Waals surface area contributed by atoms with E-state index in [-0.39, 0.29) is 27.5 Å².